The fraction of sp³-hybridized carbons (Fsp3) is 0.300. The average Bonchev–Trinajstić information content (AvgIpc) is 2.62. The van der Waals surface area contributed by atoms with Crippen molar-refractivity contribution in [2.75, 3.05) is 12.4 Å². The van der Waals surface area contributed by atoms with Gasteiger partial charge in [-0.15, -0.1) is 0 Å². The maximum atomic E-state index is 12.5. The summed E-state index contributed by atoms with van der Waals surface area (Å²) in [5, 5.41) is 2.79. The van der Waals surface area contributed by atoms with Gasteiger partial charge in [-0.2, -0.15) is 0 Å². The summed E-state index contributed by atoms with van der Waals surface area (Å²) in [5.41, 5.74) is 3.03. The molecule has 0 spiro atoms. The zero-order valence-electron chi connectivity index (χ0n) is 15.0. The van der Waals surface area contributed by atoms with Crippen LogP contribution in [-0.2, 0) is 9.53 Å². The van der Waals surface area contributed by atoms with E-state index < -0.39 is 12.1 Å². The zero-order chi connectivity index (χ0) is 18.4. The number of nitrogens with one attached hydrogen (secondary N) is 1. The number of aryl methyl sites for hydroxylation is 1. The van der Waals surface area contributed by atoms with E-state index in [-0.39, 0.29) is 5.91 Å². The molecule has 1 atom stereocenters. The van der Waals surface area contributed by atoms with Gasteiger partial charge in [-0.1, -0.05) is 25.1 Å². The Balaban J connectivity index is 2.12. The van der Waals surface area contributed by atoms with Gasteiger partial charge in [-0.25, -0.2) is 4.79 Å². The Morgan fingerprint density at radius 2 is 1.84 bits per heavy atom. The summed E-state index contributed by atoms with van der Waals surface area (Å²) in [5.74, 6) is -0.00879. The van der Waals surface area contributed by atoms with E-state index in [1.807, 2.05) is 39.0 Å². The maximum absolute atomic E-state index is 12.5. The van der Waals surface area contributed by atoms with E-state index in [1.54, 1.807) is 24.3 Å². The standard InChI is InChI=1S/C20H23NO4/c1-5-17(25-18-11-6-8-13(2)14(18)3)19(22)21-16-10-7-9-15(12-16)20(23)24-4/h6-12,17H,5H2,1-4H3,(H,21,22)/t17-/m0/s1. The van der Waals surface area contributed by atoms with Gasteiger partial charge in [0.2, 0.25) is 0 Å². The van der Waals surface area contributed by atoms with E-state index in [4.69, 9.17) is 9.47 Å². The third-order valence-electron chi connectivity index (χ3n) is 4.04. The molecule has 0 aliphatic carbocycles. The van der Waals surface area contributed by atoms with Crippen molar-refractivity contribution < 1.29 is 19.1 Å². The van der Waals surface area contributed by atoms with Gasteiger partial charge >= 0.3 is 5.97 Å². The molecular formula is C20H23NO4. The molecule has 5 nitrogen and oxygen atoms in total. The van der Waals surface area contributed by atoms with Crippen molar-refractivity contribution in [3.05, 3.63) is 59.2 Å². The second kappa shape index (κ2) is 8.33. The Morgan fingerprint density at radius 3 is 2.52 bits per heavy atom. The van der Waals surface area contributed by atoms with Crippen LogP contribution in [0.25, 0.3) is 0 Å². The molecule has 0 unspecified atom stereocenters. The van der Waals surface area contributed by atoms with Crippen molar-refractivity contribution in [2.45, 2.75) is 33.3 Å². The van der Waals surface area contributed by atoms with Crippen molar-refractivity contribution in [3.8, 4) is 5.75 Å². The summed E-state index contributed by atoms with van der Waals surface area (Å²) in [7, 11) is 1.32. The lowest BCUT2D eigenvalue weighted by molar-refractivity contribution is -0.122. The third-order valence-corrected chi connectivity index (χ3v) is 4.04. The van der Waals surface area contributed by atoms with Gasteiger partial charge in [0.15, 0.2) is 6.10 Å². The molecule has 0 aliphatic heterocycles. The molecule has 1 N–H and O–H groups in total. The molecule has 0 heterocycles. The minimum absolute atomic E-state index is 0.259. The summed E-state index contributed by atoms with van der Waals surface area (Å²) in [6.07, 6.45) is -0.0992. The number of benzene rings is 2. The summed E-state index contributed by atoms with van der Waals surface area (Å²) < 4.78 is 10.6. The van der Waals surface area contributed by atoms with Gasteiger partial charge in [-0.05, 0) is 55.7 Å². The van der Waals surface area contributed by atoms with E-state index in [2.05, 4.69) is 5.32 Å². The molecule has 132 valence electrons. The first kappa shape index (κ1) is 18.5. The number of hydrogen-bond donors (Lipinski definition) is 1. The van der Waals surface area contributed by atoms with Crippen molar-refractivity contribution in [1.82, 2.24) is 0 Å². The largest absolute Gasteiger partial charge is 0.480 e. The SMILES string of the molecule is CC[C@H](Oc1cccc(C)c1C)C(=O)Nc1cccc(C(=O)OC)c1. The molecule has 0 aliphatic rings. The highest BCUT2D eigenvalue weighted by molar-refractivity contribution is 5.96. The molecule has 0 saturated heterocycles. The molecule has 25 heavy (non-hydrogen) atoms. The molecule has 0 aromatic heterocycles. The number of carbonyl (C=O) groups excluding carboxylic acids is 2. The van der Waals surface area contributed by atoms with Crippen LogP contribution in [0.4, 0.5) is 5.69 Å². The number of anilines is 1. The number of carbonyl (C=O) groups is 2. The predicted molar refractivity (Wildman–Crippen MR) is 97.0 cm³/mol. The minimum atomic E-state index is -0.623. The highest BCUT2D eigenvalue weighted by atomic mass is 16.5. The topological polar surface area (TPSA) is 64.6 Å². The van der Waals surface area contributed by atoms with Gasteiger partial charge < -0.3 is 14.8 Å². The summed E-state index contributed by atoms with van der Waals surface area (Å²) in [6.45, 7) is 5.86. The molecule has 5 heteroatoms. The van der Waals surface area contributed by atoms with Crippen LogP contribution in [0.15, 0.2) is 42.5 Å². The fourth-order valence-corrected chi connectivity index (χ4v) is 2.39. The number of rotatable bonds is 6. The summed E-state index contributed by atoms with van der Waals surface area (Å²) >= 11 is 0. The van der Waals surface area contributed by atoms with Crippen LogP contribution in [0.1, 0.15) is 34.8 Å². The van der Waals surface area contributed by atoms with Crippen LogP contribution in [0.2, 0.25) is 0 Å². The lowest BCUT2D eigenvalue weighted by atomic mass is 10.1. The van der Waals surface area contributed by atoms with Crippen LogP contribution in [0.3, 0.4) is 0 Å². The molecule has 2 rings (SSSR count). The lowest BCUT2D eigenvalue weighted by Crippen LogP contribution is -2.32. The van der Waals surface area contributed by atoms with Gasteiger partial charge in [0.1, 0.15) is 5.75 Å². The first-order valence-electron chi connectivity index (χ1n) is 8.18. The number of esters is 1. The van der Waals surface area contributed by atoms with Crippen molar-refractivity contribution in [3.63, 3.8) is 0 Å². The molecule has 2 aromatic rings. The molecule has 0 radical (unpaired) electrons. The Bertz CT molecular complexity index is 770. The fourth-order valence-electron chi connectivity index (χ4n) is 2.39. The maximum Gasteiger partial charge on any atom is 0.337 e. The third kappa shape index (κ3) is 4.59. The van der Waals surface area contributed by atoms with Crippen LogP contribution in [0.5, 0.6) is 5.75 Å². The number of amides is 1. The molecule has 0 fully saturated rings. The van der Waals surface area contributed by atoms with Crippen molar-refractivity contribution in [2.24, 2.45) is 0 Å². The summed E-state index contributed by atoms with van der Waals surface area (Å²) in [4.78, 5) is 24.1. The highest BCUT2D eigenvalue weighted by Gasteiger charge is 2.20. The Kier molecular flexibility index (Phi) is 6.17. The van der Waals surface area contributed by atoms with Gasteiger partial charge in [0.25, 0.3) is 5.91 Å². The predicted octanol–water partition coefficient (Wildman–Crippen LogP) is 3.89. The second-order valence-electron chi connectivity index (χ2n) is 5.77. The highest BCUT2D eigenvalue weighted by Crippen LogP contribution is 2.23. The number of ether oxygens (including phenoxy) is 2. The van der Waals surface area contributed by atoms with E-state index >= 15 is 0 Å². The average molecular weight is 341 g/mol. The normalized spacial score (nSPS) is 11.5. The van der Waals surface area contributed by atoms with Crippen LogP contribution < -0.4 is 10.1 Å². The van der Waals surface area contributed by atoms with E-state index in [0.29, 0.717) is 23.4 Å². The van der Waals surface area contributed by atoms with E-state index in [9.17, 15) is 9.59 Å². The van der Waals surface area contributed by atoms with Crippen molar-refractivity contribution in [1.29, 1.82) is 0 Å². The molecule has 0 saturated carbocycles. The Labute approximate surface area is 148 Å². The van der Waals surface area contributed by atoms with Crippen LogP contribution in [-0.4, -0.2) is 25.1 Å². The van der Waals surface area contributed by atoms with Gasteiger partial charge in [0, 0.05) is 5.69 Å². The smallest absolute Gasteiger partial charge is 0.337 e. The zero-order valence-corrected chi connectivity index (χ0v) is 15.0. The lowest BCUT2D eigenvalue weighted by Gasteiger charge is -2.19. The van der Waals surface area contributed by atoms with Crippen LogP contribution >= 0.6 is 0 Å². The first-order valence-corrected chi connectivity index (χ1v) is 8.18. The molecular weight excluding hydrogens is 318 g/mol. The van der Waals surface area contributed by atoms with Crippen LogP contribution in [0, 0.1) is 13.8 Å². The van der Waals surface area contributed by atoms with E-state index in [1.165, 1.54) is 7.11 Å². The van der Waals surface area contributed by atoms with Gasteiger partial charge in [-0.3, -0.25) is 4.79 Å². The summed E-state index contributed by atoms with van der Waals surface area (Å²) in [6, 6.07) is 12.4. The monoisotopic (exact) mass is 341 g/mol. The number of hydrogen-bond acceptors (Lipinski definition) is 4. The van der Waals surface area contributed by atoms with Crippen molar-refractivity contribution >= 4 is 17.6 Å². The quantitative estimate of drug-likeness (QED) is 0.810. The Morgan fingerprint density at radius 1 is 1.12 bits per heavy atom. The molecule has 2 aromatic carbocycles. The Hall–Kier alpha value is -2.82. The minimum Gasteiger partial charge on any atom is -0.480 e. The van der Waals surface area contributed by atoms with Gasteiger partial charge in [0.05, 0.1) is 12.7 Å². The molecule has 1 amide bonds. The van der Waals surface area contributed by atoms with E-state index in [0.717, 1.165) is 11.1 Å². The number of methoxy groups -OCH3 is 1. The second-order valence-corrected chi connectivity index (χ2v) is 5.77. The molecule has 0 bridgehead atoms. The first-order chi connectivity index (χ1) is 12.0.